The van der Waals surface area contributed by atoms with Crippen molar-refractivity contribution in [3.8, 4) is 23.0 Å². The highest BCUT2D eigenvalue weighted by atomic mass is 19.1. The maximum atomic E-state index is 13.0. The zero-order valence-electron chi connectivity index (χ0n) is 17.4. The molecule has 0 aliphatic carbocycles. The number of carbonyl (C=O) groups is 1. The van der Waals surface area contributed by atoms with Crippen molar-refractivity contribution >= 4 is 11.6 Å². The minimum Gasteiger partial charge on any atom is -0.332 e. The van der Waals surface area contributed by atoms with Gasteiger partial charge in [-0.15, -0.1) is 0 Å². The molecule has 0 fully saturated rings. The van der Waals surface area contributed by atoms with Crippen LogP contribution in [0.2, 0.25) is 0 Å². The van der Waals surface area contributed by atoms with Gasteiger partial charge < -0.3 is 14.4 Å². The SMILES string of the molecule is O=C(Nc1ccc(Cn2cnc(-c3nc(-c4ccccc4)no3)c2)cc1)c1ccc(F)cc1. The number of carbonyl (C=O) groups excluding carboxylic acids is 1. The summed E-state index contributed by atoms with van der Waals surface area (Å²) in [6, 6.07) is 22.5. The summed E-state index contributed by atoms with van der Waals surface area (Å²) >= 11 is 0. The second kappa shape index (κ2) is 8.88. The molecule has 2 aromatic heterocycles. The first kappa shape index (κ1) is 20.3. The molecule has 33 heavy (non-hydrogen) atoms. The molecule has 7 nitrogen and oxygen atoms in total. The molecule has 0 atom stereocenters. The third kappa shape index (κ3) is 4.69. The molecule has 1 amide bonds. The van der Waals surface area contributed by atoms with Crippen molar-refractivity contribution in [2.45, 2.75) is 6.54 Å². The molecule has 0 radical (unpaired) electrons. The van der Waals surface area contributed by atoms with Crippen LogP contribution in [-0.2, 0) is 6.54 Å². The molecular weight excluding hydrogens is 421 g/mol. The number of imidazole rings is 1. The first-order chi connectivity index (χ1) is 16.1. The van der Waals surface area contributed by atoms with Gasteiger partial charge in [0.05, 0.1) is 6.33 Å². The van der Waals surface area contributed by atoms with Crippen molar-refractivity contribution in [3.05, 3.63) is 108 Å². The van der Waals surface area contributed by atoms with Crippen molar-refractivity contribution in [2.75, 3.05) is 5.32 Å². The topological polar surface area (TPSA) is 85.8 Å². The van der Waals surface area contributed by atoms with E-state index in [1.165, 1.54) is 24.3 Å². The molecule has 0 spiro atoms. The summed E-state index contributed by atoms with van der Waals surface area (Å²) in [5.74, 6) is 0.190. The van der Waals surface area contributed by atoms with Gasteiger partial charge in [-0.25, -0.2) is 9.37 Å². The van der Waals surface area contributed by atoms with E-state index in [9.17, 15) is 9.18 Å². The molecule has 0 saturated carbocycles. The Balaban J connectivity index is 1.23. The highest BCUT2D eigenvalue weighted by Crippen LogP contribution is 2.21. The van der Waals surface area contributed by atoms with Gasteiger partial charge >= 0.3 is 0 Å². The second-order valence-electron chi connectivity index (χ2n) is 7.38. The Morgan fingerprint density at radius 3 is 2.48 bits per heavy atom. The highest BCUT2D eigenvalue weighted by Gasteiger charge is 2.13. The second-order valence-corrected chi connectivity index (χ2v) is 7.38. The Labute approximate surface area is 188 Å². The van der Waals surface area contributed by atoms with E-state index in [4.69, 9.17) is 4.52 Å². The van der Waals surface area contributed by atoms with Crippen LogP contribution in [0.5, 0.6) is 0 Å². The number of anilines is 1. The standard InChI is InChI=1S/C25H18FN5O2/c26-20-10-8-19(9-11-20)24(32)28-21-12-6-17(7-13-21)14-31-15-22(27-16-31)25-29-23(30-33-25)18-4-2-1-3-5-18/h1-13,15-16H,14H2,(H,28,32). The highest BCUT2D eigenvalue weighted by molar-refractivity contribution is 6.04. The van der Waals surface area contributed by atoms with Gasteiger partial charge in [0.25, 0.3) is 11.8 Å². The van der Waals surface area contributed by atoms with Crippen LogP contribution >= 0.6 is 0 Å². The average molecular weight is 439 g/mol. The molecule has 162 valence electrons. The monoisotopic (exact) mass is 439 g/mol. The maximum absolute atomic E-state index is 13.0. The average Bonchev–Trinajstić information content (AvgIpc) is 3.51. The van der Waals surface area contributed by atoms with E-state index in [-0.39, 0.29) is 11.7 Å². The summed E-state index contributed by atoms with van der Waals surface area (Å²) < 4.78 is 20.3. The lowest BCUT2D eigenvalue weighted by Crippen LogP contribution is -2.11. The first-order valence-electron chi connectivity index (χ1n) is 10.2. The van der Waals surface area contributed by atoms with E-state index < -0.39 is 0 Å². The zero-order valence-corrected chi connectivity index (χ0v) is 17.4. The van der Waals surface area contributed by atoms with E-state index in [0.717, 1.165) is 11.1 Å². The molecule has 5 aromatic rings. The number of amides is 1. The molecule has 8 heteroatoms. The van der Waals surface area contributed by atoms with Gasteiger partial charge in [-0.2, -0.15) is 4.98 Å². The third-order valence-corrected chi connectivity index (χ3v) is 4.99. The number of halogens is 1. The molecule has 1 N–H and O–H groups in total. The van der Waals surface area contributed by atoms with E-state index in [1.807, 2.05) is 65.4 Å². The Kier molecular flexibility index (Phi) is 5.47. The molecule has 0 aliphatic heterocycles. The Morgan fingerprint density at radius 1 is 0.970 bits per heavy atom. The Hall–Kier alpha value is -4.59. The lowest BCUT2D eigenvalue weighted by Gasteiger charge is -2.07. The fraction of sp³-hybridized carbons (Fsp3) is 0.0400. The van der Waals surface area contributed by atoms with Crippen molar-refractivity contribution in [3.63, 3.8) is 0 Å². The molecular formula is C25H18FN5O2. The van der Waals surface area contributed by atoms with E-state index in [1.54, 1.807) is 6.33 Å². The first-order valence-corrected chi connectivity index (χ1v) is 10.2. The summed E-state index contributed by atoms with van der Waals surface area (Å²) in [6.45, 7) is 0.582. The number of nitrogens with one attached hydrogen (secondary N) is 1. The smallest absolute Gasteiger partial charge is 0.278 e. The fourth-order valence-corrected chi connectivity index (χ4v) is 3.30. The fourth-order valence-electron chi connectivity index (χ4n) is 3.30. The largest absolute Gasteiger partial charge is 0.332 e. The van der Waals surface area contributed by atoms with Crippen molar-refractivity contribution in [2.24, 2.45) is 0 Å². The number of aromatic nitrogens is 4. The summed E-state index contributed by atoms with van der Waals surface area (Å²) in [5, 5.41) is 6.83. The van der Waals surface area contributed by atoms with Crippen molar-refractivity contribution < 1.29 is 13.7 Å². The van der Waals surface area contributed by atoms with Crippen LogP contribution in [0.1, 0.15) is 15.9 Å². The van der Waals surface area contributed by atoms with Gasteiger partial charge in [0, 0.05) is 29.6 Å². The molecule has 3 aromatic carbocycles. The predicted molar refractivity (Wildman–Crippen MR) is 121 cm³/mol. The van der Waals surface area contributed by atoms with Gasteiger partial charge in [0.2, 0.25) is 5.82 Å². The van der Waals surface area contributed by atoms with E-state index >= 15 is 0 Å². The van der Waals surface area contributed by atoms with Crippen LogP contribution in [0.3, 0.4) is 0 Å². The van der Waals surface area contributed by atoms with Crippen LogP contribution < -0.4 is 5.32 Å². The molecule has 0 unspecified atom stereocenters. The van der Waals surface area contributed by atoms with E-state index in [2.05, 4.69) is 20.4 Å². The van der Waals surface area contributed by atoms with E-state index in [0.29, 0.717) is 35.2 Å². The summed E-state index contributed by atoms with van der Waals surface area (Å²) in [6.07, 6.45) is 3.54. The van der Waals surface area contributed by atoms with Crippen LogP contribution in [-0.4, -0.2) is 25.6 Å². The van der Waals surface area contributed by atoms with Gasteiger partial charge in [-0.05, 0) is 42.0 Å². The number of benzene rings is 3. The quantitative estimate of drug-likeness (QED) is 0.401. The minimum atomic E-state index is -0.380. The third-order valence-electron chi connectivity index (χ3n) is 4.99. The summed E-state index contributed by atoms with van der Waals surface area (Å²) in [4.78, 5) is 21.1. The molecule has 2 heterocycles. The lowest BCUT2D eigenvalue weighted by atomic mass is 10.1. The van der Waals surface area contributed by atoms with Gasteiger partial charge in [0.1, 0.15) is 11.5 Å². The number of hydrogen-bond donors (Lipinski definition) is 1. The van der Waals surface area contributed by atoms with Gasteiger partial charge in [-0.3, -0.25) is 4.79 Å². The lowest BCUT2D eigenvalue weighted by molar-refractivity contribution is 0.102. The van der Waals surface area contributed by atoms with Gasteiger partial charge in [0.15, 0.2) is 0 Å². The maximum Gasteiger partial charge on any atom is 0.278 e. The molecule has 5 rings (SSSR count). The Bertz CT molecular complexity index is 1380. The molecule has 0 saturated heterocycles. The number of nitrogens with zero attached hydrogens (tertiary/aromatic N) is 4. The van der Waals surface area contributed by atoms with Crippen LogP contribution in [0.4, 0.5) is 10.1 Å². The number of hydrogen-bond acceptors (Lipinski definition) is 5. The summed E-state index contributed by atoms with van der Waals surface area (Å²) in [5.41, 5.74) is 3.53. The van der Waals surface area contributed by atoms with Crippen LogP contribution in [0.15, 0.2) is 95.9 Å². The van der Waals surface area contributed by atoms with Crippen molar-refractivity contribution in [1.82, 2.24) is 19.7 Å². The zero-order chi connectivity index (χ0) is 22.6. The summed E-state index contributed by atoms with van der Waals surface area (Å²) in [7, 11) is 0. The van der Waals surface area contributed by atoms with Crippen LogP contribution in [0.25, 0.3) is 23.0 Å². The van der Waals surface area contributed by atoms with Crippen molar-refractivity contribution in [1.29, 1.82) is 0 Å². The minimum absolute atomic E-state index is 0.295. The predicted octanol–water partition coefficient (Wildman–Crippen LogP) is 5.04. The Morgan fingerprint density at radius 2 is 1.73 bits per heavy atom. The molecule has 0 bridgehead atoms. The van der Waals surface area contributed by atoms with Gasteiger partial charge in [-0.1, -0.05) is 47.6 Å². The molecule has 0 aliphatic rings. The number of rotatable bonds is 6. The normalized spacial score (nSPS) is 10.8. The van der Waals surface area contributed by atoms with Crippen LogP contribution in [0, 0.1) is 5.82 Å².